The van der Waals surface area contributed by atoms with Gasteiger partial charge >= 0.3 is 0 Å². The first-order valence-corrected chi connectivity index (χ1v) is 6.12. The molecule has 0 fully saturated rings. The smallest absolute Gasteiger partial charge is 0.111 e. The summed E-state index contributed by atoms with van der Waals surface area (Å²) in [5.41, 5.74) is 1.43. The van der Waals surface area contributed by atoms with Crippen molar-refractivity contribution in [1.29, 1.82) is 0 Å². The summed E-state index contributed by atoms with van der Waals surface area (Å²) in [5, 5.41) is 8.82. The van der Waals surface area contributed by atoms with Crippen LogP contribution < -0.4 is 5.32 Å². The molecule has 68 valence electrons. The van der Waals surface area contributed by atoms with Crippen molar-refractivity contribution in [1.82, 2.24) is 0 Å². The van der Waals surface area contributed by atoms with Crippen LogP contribution in [0.3, 0.4) is 0 Å². The molecule has 2 N–H and O–H groups in total. The lowest BCUT2D eigenvalue weighted by Gasteiger charge is -1.96. The Labute approximate surface area is 86.0 Å². The van der Waals surface area contributed by atoms with Gasteiger partial charge in [-0.15, -0.1) is 11.3 Å². The Bertz CT molecular complexity index is 289. The molecule has 0 saturated heterocycles. The zero-order valence-electron chi connectivity index (χ0n) is 7.27. The van der Waals surface area contributed by atoms with Gasteiger partial charge in [-0.2, -0.15) is 11.3 Å². The van der Waals surface area contributed by atoms with Gasteiger partial charge < -0.3 is 5.32 Å². The highest BCUT2D eigenvalue weighted by atomic mass is 32.1. The molecule has 2 rings (SSSR count). The Morgan fingerprint density at radius 3 is 2.85 bits per heavy atom. The third kappa shape index (κ3) is 2.66. The lowest BCUT2D eigenvalue weighted by Crippen LogP contribution is -2.80. The number of hydrogen-bond donors (Lipinski definition) is 1. The highest BCUT2D eigenvalue weighted by Crippen LogP contribution is 2.06. The Hall–Kier alpha value is -0.640. The Morgan fingerprint density at radius 2 is 2.15 bits per heavy atom. The molecule has 0 radical (unpaired) electrons. The van der Waals surface area contributed by atoms with Gasteiger partial charge in [-0.25, -0.2) is 0 Å². The molecule has 3 heteroatoms. The summed E-state index contributed by atoms with van der Waals surface area (Å²) in [6.45, 7) is 2.20. The zero-order chi connectivity index (χ0) is 8.93. The standard InChI is InChI=1S/C10H11NS2/c1-2-10(13-4-1)7-11-6-9-3-5-12-8-9/h1-5,8,11H,6-7H2/p+1. The maximum atomic E-state index is 2.34. The molecule has 0 bridgehead atoms. The summed E-state index contributed by atoms with van der Waals surface area (Å²) in [5.74, 6) is 0. The first-order chi connectivity index (χ1) is 6.45. The molecule has 0 aliphatic heterocycles. The summed E-state index contributed by atoms with van der Waals surface area (Å²) in [4.78, 5) is 1.45. The van der Waals surface area contributed by atoms with Gasteiger partial charge in [-0.1, -0.05) is 6.07 Å². The summed E-state index contributed by atoms with van der Waals surface area (Å²) < 4.78 is 0. The Balaban J connectivity index is 1.76. The summed E-state index contributed by atoms with van der Waals surface area (Å²) in [7, 11) is 0. The summed E-state index contributed by atoms with van der Waals surface area (Å²) in [6, 6.07) is 6.49. The zero-order valence-corrected chi connectivity index (χ0v) is 8.91. The monoisotopic (exact) mass is 210 g/mol. The fourth-order valence-corrected chi connectivity index (χ4v) is 2.60. The van der Waals surface area contributed by atoms with E-state index in [1.807, 2.05) is 11.3 Å². The van der Waals surface area contributed by atoms with Crippen LogP contribution in [0.5, 0.6) is 0 Å². The normalized spacial score (nSPS) is 10.5. The topological polar surface area (TPSA) is 16.6 Å². The van der Waals surface area contributed by atoms with Crippen molar-refractivity contribution in [2.45, 2.75) is 13.1 Å². The molecule has 13 heavy (non-hydrogen) atoms. The fourth-order valence-electron chi connectivity index (χ4n) is 1.22. The van der Waals surface area contributed by atoms with Crippen molar-refractivity contribution in [2.75, 3.05) is 0 Å². The average Bonchev–Trinajstić information content (AvgIpc) is 2.75. The molecule has 2 aromatic rings. The fraction of sp³-hybridized carbons (Fsp3) is 0.200. The highest BCUT2D eigenvalue weighted by molar-refractivity contribution is 7.09. The van der Waals surface area contributed by atoms with Crippen LogP contribution in [0.25, 0.3) is 0 Å². The van der Waals surface area contributed by atoms with Crippen LogP contribution in [0.1, 0.15) is 10.4 Å². The van der Waals surface area contributed by atoms with Crippen LogP contribution >= 0.6 is 22.7 Å². The average molecular weight is 210 g/mol. The molecule has 2 aromatic heterocycles. The molecule has 0 aliphatic rings. The van der Waals surface area contributed by atoms with E-state index in [1.54, 1.807) is 11.3 Å². The number of quaternary nitrogens is 1. The van der Waals surface area contributed by atoms with Crippen LogP contribution in [0, 0.1) is 0 Å². The van der Waals surface area contributed by atoms with E-state index in [1.165, 1.54) is 10.4 Å². The van der Waals surface area contributed by atoms with E-state index in [4.69, 9.17) is 0 Å². The largest absolute Gasteiger partial charge is 0.338 e. The van der Waals surface area contributed by atoms with Crippen molar-refractivity contribution in [3.8, 4) is 0 Å². The molecule has 0 saturated carbocycles. The summed E-state index contributed by atoms with van der Waals surface area (Å²) >= 11 is 3.60. The van der Waals surface area contributed by atoms with Crippen molar-refractivity contribution >= 4 is 22.7 Å². The third-order valence-corrected chi connectivity index (χ3v) is 3.52. The molecule has 0 aromatic carbocycles. The van der Waals surface area contributed by atoms with Crippen molar-refractivity contribution < 1.29 is 5.32 Å². The van der Waals surface area contributed by atoms with Crippen molar-refractivity contribution in [3.05, 3.63) is 44.8 Å². The molecule has 0 amide bonds. The minimum Gasteiger partial charge on any atom is -0.338 e. The molecule has 2 heterocycles. The molecule has 0 unspecified atom stereocenters. The van der Waals surface area contributed by atoms with Crippen LogP contribution in [0.4, 0.5) is 0 Å². The number of nitrogens with two attached hydrogens (primary N) is 1. The van der Waals surface area contributed by atoms with Crippen LogP contribution in [0.2, 0.25) is 0 Å². The van der Waals surface area contributed by atoms with E-state index < -0.39 is 0 Å². The van der Waals surface area contributed by atoms with E-state index in [2.05, 4.69) is 39.7 Å². The van der Waals surface area contributed by atoms with Gasteiger partial charge in [0.2, 0.25) is 0 Å². The number of hydrogen-bond acceptors (Lipinski definition) is 2. The summed E-state index contributed by atoms with van der Waals surface area (Å²) in [6.07, 6.45) is 0. The van der Waals surface area contributed by atoms with Crippen molar-refractivity contribution in [2.24, 2.45) is 0 Å². The first-order valence-electron chi connectivity index (χ1n) is 4.30. The van der Waals surface area contributed by atoms with Crippen molar-refractivity contribution in [3.63, 3.8) is 0 Å². The SMILES string of the molecule is c1csc(C[NH2+]Cc2ccsc2)c1. The van der Waals surface area contributed by atoms with E-state index in [0.29, 0.717) is 0 Å². The maximum Gasteiger partial charge on any atom is 0.111 e. The Kier molecular flexibility index (Phi) is 3.13. The number of rotatable bonds is 4. The molecule has 1 nitrogen and oxygen atoms in total. The van der Waals surface area contributed by atoms with E-state index >= 15 is 0 Å². The lowest BCUT2D eigenvalue weighted by atomic mass is 10.3. The van der Waals surface area contributed by atoms with Gasteiger partial charge in [0.15, 0.2) is 0 Å². The van der Waals surface area contributed by atoms with Crippen LogP contribution in [-0.2, 0) is 13.1 Å². The van der Waals surface area contributed by atoms with Gasteiger partial charge in [0.25, 0.3) is 0 Å². The first kappa shape index (κ1) is 8.94. The molecule has 0 spiro atoms. The predicted molar refractivity (Wildman–Crippen MR) is 58.0 cm³/mol. The minimum atomic E-state index is 1.10. The van der Waals surface area contributed by atoms with Gasteiger partial charge in [-0.3, -0.25) is 0 Å². The molecule has 0 aliphatic carbocycles. The third-order valence-electron chi connectivity index (χ3n) is 1.89. The molecular weight excluding hydrogens is 198 g/mol. The number of thiophene rings is 2. The van der Waals surface area contributed by atoms with Gasteiger partial charge in [0, 0.05) is 5.56 Å². The van der Waals surface area contributed by atoms with E-state index in [-0.39, 0.29) is 0 Å². The molecular formula is C10H12NS2+. The lowest BCUT2D eigenvalue weighted by molar-refractivity contribution is -0.685. The quantitative estimate of drug-likeness (QED) is 0.795. The second-order valence-corrected chi connectivity index (χ2v) is 4.72. The second kappa shape index (κ2) is 4.56. The highest BCUT2D eigenvalue weighted by Gasteiger charge is 1.97. The molecule has 0 atom stereocenters. The van der Waals surface area contributed by atoms with Crippen LogP contribution in [-0.4, -0.2) is 0 Å². The Morgan fingerprint density at radius 1 is 1.15 bits per heavy atom. The van der Waals surface area contributed by atoms with E-state index in [9.17, 15) is 0 Å². The van der Waals surface area contributed by atoms with Gasteiger partial charge in [0.1, 0.15) is 13.1 Å². The predicted octanol–water partition coefficient (Wildman–Crippen LogP) is 2.07. The van der Waals surface area contributed by atoms with E-state index in [0.717, 1.165) is 13.1 Å². The van der Waals surface area contributed by atoms with Crippen LogP contribution in [0.15, 0.2) is 34.3 Å². The van der Waals surface area contributed by atoms with Gasteiger partial charge in [0.05, 0.1) is 4.88 Å². The van der Waals surface area contributed by atoms with Gasteiger partial charge in [-0.05, 0) is 28.3 Å². The maximum absolute atomic E-state index is 2.34. The second-order valence-electron chi connectivity index (χ2n) is 2.91. The minimum absolute atomic E-state index is 1.10.